The van der Waals surface area contributed by atoms with E-state index in [-0.39, 0.29) is 24.5 Å². The molecule has 2 heterocycles. The molecule has 0 aliphatic carbocycles. The van der Waals surface area contributed by atoms with Crippen molar-refractivity contribution in [3.05, 3.63) is 0 Å². The first-order chi connectivity index (χ1) is 6.16. The maximum atomic E-state index is 11.2. The minimum Gasteiger partial charge on any atom is -0.393 e. The average molecular weight is 184 g/mol. The molecule has 13 heavy (non-hydrogen) atoms. The summed E-state index contributed by atoms with van der Waals surface area (Å²) in [4.78, 5) is 22.3. The molecule has 0 N–H and O–H groups in total. The number of ether oxygens (including phenoxy) is 2. The second kappa shape index (κ2) is 3.10. The molecular weight excluding hydrogens is 172 g/mol. The minimum absolute atomic E-state index is 0.0342. The summed E-state index contributed by atoms with van der Waals surface area (Å²) in [7, 11) is 0. The van der Waals surface area contributed by atoms with Gasteiger partial charge in [0.25, 0.3) is 0 Å². The van der Waals surface area contributed by atoms with Crippen molar-refractivity contribution in [2.45, 2.75) is 38.4 Å². The first kappa shape index (κ1) is 8.69. The molecule has 0 aromatic carbocycles. The lowest BCUT2D eigenvalue weighted by molar-refractivity contribution is -0.171. The number of fused-ring (bicyclic) bond motifs is 2. The first-order valence-corrected chi connectivity index (χ1v) is 4.57. The van der Waals surface area contributed by atoms with Gasteiger partial charge in [-0.25, -0.2) is 0 Å². The van der Waals surface area contributed by atoms with Crippen LogP contribution in [0.25, 0.3) is 0 Å². The Bertz CT molecular complexity index is 248. The van der Waals surface area contributed by atoms with Crippen molar-refractivity contribution >= 4 is 11.9 Å². The predicted molar refractivity (Wildman–Crippen MR) is 42.8 cm³/mol. The monoisotopic (exact) mass is 184 g/mol. The van der Waals surface area contributed by atoms with Gasteiger partial charge in [0.05, 0.1) is 24.5 Å². The zero-order valence-electron chi connectivity index (χ0n) is 7.49. The van der Waals surface area contributed by atoms with Crippen molar-refractivity contribution in [3.63, 3.8) is 0 Å². The van der Waals surface area contributed by atoms with Crippen LogP contribution in [-0.4, -0.2) is 24.1 Å². The number of cyclic esters (lactones) is 2. The van der Waals surface area contributed by atoms with Gasteiger partial charge in [0.1, 0.15) is 0 Å². The summed E-state index contributed by atoms with van der Waals surface area (Å²) in [6, 6.07) is 0. The van der Waals surface area contributed by atoms with Gasteiger partial charge >= 0.3 is 11.9 Å². The summed E-state index contributed by atoms with van der Waals surface area (Å²) in [6.07, 6.45) is 1.85. The van der Waals surface area contributed by atoms with Crippen molar-refractivity contribution in [1.82, 2.24) is 0 Å². The number of carbonyl (C=O) groups is 2. The Balaban J connectivity index is 2.16. The summed E-state index contributed by atoms with van der Waals surface area (Å²) >= 11 is 0. The fraction of sp³-hybridized carbons (Fsp3) is 0.778. The third-order valence-corrected chi connectivity index (χ3v) is 2.68. The SMILES string of the molecule is CC1C(=O)OC(=O)C[C@@H]2CC[C@H]1O2. The molecule has 0 aromatic rings. The van der Waals surface area contributed by atoms with Crippen LogP contribution in [-0.2, 0) is 19.1 Å². The average Bonchev–Trinajstić information content (AvgIpc) is 2.50. The van der Waals surface area contributed by atoms with E-state index in [1.807, 2.05) is 0 Å². The van der Waals surface area contributed by atoms with Crippen LogP contribution >= 0.6 is 0 Å². The molecule has 2 rings (SSSR count). The molecule has 0 spiro atoms. The third-order valence-electron chi connectivity index (χ3n) is 2.68. The lowest BCUT2D eigenvalue weighted by Crippen LogP contribution is -2.33. The van der Waals surface area contributed by atoms with Gasteiger partial charge in [0.2, 0.25) is 0 Å². The lowest BCUT2D eigenvalue weighted by atomic mass is 10.0. The molecule has 0 amide bonds. The maximum Gasteiger partial charge on any atom is 0.318 e. The Hall–Kier alpha value is -0.900. The van der Waals surface area contributed by atoms with Crippen LogP contribution in [0.4, 0.5) is 0 Å². The van der Waals surface area contributed by atoms with Crippen LogP contribution in [0, 0.1) is 5.92 Å². The van der Waals surface area contributed by atoms with Crippen molar-refractivity contribution in [2.75, 3.05) is 0 Å². The Morgan fingerprint density at radius 3 is 2.85 bits per heavy atom. The standard InChI is InChI=1S/C9H12O4/c1-5-7-3-2-6(12-7)4-8(10)13-9(5)11/h5-7H,2-4H2,1H3/t5?,6-,7+/m0/s1. The molecule has 2 bridgehead atoms. The largest absolute Gasteiger partial charge is 0.393 e. The fourth-order valence-electron chi connectivity index (χ4n) is 1.84. The molecule has 72 valence electrons. The fourth-order valence-corrected chi connectivity index (χ4v) is 1.84. The van der Waals surface area contributed by atoms with E-state index < -0.39 is 11.9 Å². The first-order valence-electron chi connectivity index (χ1n) is 4.57. The van der Waals surface area contributed by atoms with E-state index in [4.69, 9.17) is 4.74 Å². The topological polar surface area (TPSA) is 52.6 Å². The molecule has 2 fully saturated rings. The summed E-state index contributed by atoms with van der Waals surface area (Å²) in [6.45, 7) is 1.74. The molecule has 0 radical (unpaired) electrons. The lowest BCUT2D eigenvalue weighted by Gasteiger charge is -2.21. The highest BCUT2D eigenvalue weighted by atomic mass is 16.6. The second-order valence-electron chi connectivity index (χ2n) is 3.66. The van der Waals surface area contributed by atoms with Crippen LogP contribution in [0.15, 0.2) is 0 Å². The van der Waals surface area contributed by atoms with Crippen LogP contribution in [0.2, 0.25) is 0 Å². The summed E-state index contributed by atoms with van der Waals surface area (Å²) < 4.78 is 10.2. The number of hydrogen-bond donors (Lipinski definition) is 0. The maximum absolute atomic E-state index is 11.2. The van der Waals surface area contributed by atoms with Gasteiger partial charge in [-0.3, -0.25) is 9.59 Å². The Labute approximate surface area is 76.2 Å². The summed E-state index contributed by atoms with van der Waals surface area (Å²) in [5.41, 5.74) is 0. The number of rotatable bonds is 0. The van der Waals surface area contributed by atoms with Crippen LogP contribution in [0.1, 0.15) is 26.2 Å². The normalized spacial score (nSPS) is 39.6. The molecule has 4 nitrogen and oxygen atoms in total. The van der Waals surface area contributed by atoms with Crippen LogP contribution in [0.5, 0.6) is 0 Å². The number of hydrogen-bond acceptors (Lipinski definition) is 4. The van der Waals surface area contributed by atoms with Gasteiger partial charge in [-0.15, -0.1) is 0 Å². The van der Waals surface area contributed by atoms with Gasteiger partial charge in [-0.1, -0.05) is 0 Å². The molecule has 2 aliphatic rings. The van der Waals surface area contributed by atoms with E-state index in [0.717, 1.165) is 12.8 Å². The Kier molecular flexibility index (Phi) is 2.07. The summed E-state index contributed by atoms with van der Waals surface area (Å²) in [5.74, 6) is -1.22. The zero-order chi connectivity index (χ0) is 9.42. The molecule has 1 unspecified atom stereocenters. The van der Waals surface area contributed by atoms with Gasteiger partial charge < -0.3 is 9.47 Å². The van der Waals surface area contributed by atoms with Gasteiger partial charge in [-0.05, 0) is 19.8 Å². The van der Waals surface area contributed by atoms with Gasteiger partial charge in [0, 0.05) is 0 Å². The molecular formula is C9H12O4. The second-order valence-corrected chi connectivity index (χ2v) is 3.66. The summed E-state index contributed by atoms with van der Waals surface area (Å²) in [5, 5.41) is 0. The number of esters is 2. The van der Waals surface area contributed by atoms with E-state index in [9.17, 15) is 9.59 Å². The Morgan fingerprint density at radius 2 is 2.08 bits per heavy atom. The molecule has 4 heteroatoms. The van der Waals surface area contributed by atoms with E-state index in [1.54, 1.807) is 6.92 Å². The highest BCUT2D eigenvalue weighted by Crippen LogP contribution is 2.30. The highest BCUT2D eigenvalue weighted by Gasteiger charge is 2.38. The third kappa shape index (κ3) is 1.58. The van der Waals surface area contributed by atoms with E-state index in [1.165, 1.54) is 0 Å². The quantitative estimate of drug-likeness (QED) is 0.409. The zero-order valence-corrected chi connectivity index (χ0v) is 7.49. The van der Waals surface area contributed by atoms with Gasteiger partial charge in [-0.2, -0.15) is 0 Å². The highest BCUT2D eigenvalue weighted by molar-refractivity contribution is 5.87. The van der Waals surface area contributed by atoms with Gasteiger partial charge in [0.15, 0.2) is 0 Å². The van der Waals surface area contributed by atoms with Crippen molar-refractivity contribution < 1.29 is 19.1 Å². The minimum atomic E-state index is -0.456. The molecule has 0 saturated carbocycles. The molecule has 0 aromatic heterocycles. The van der Waals surface area contributed by atoms with Crippen molar-refractivity contribution in [1.29, 1.82) is 0 Å². The van der Waals surface area contributed by atoms with Crippen molar-refractivity contribution in [3.8, 4) is 0 Å². The molecule has 2 saturated heterocycles. The molecule has 3 atom stereocenters. The molecule has 2 aliphatic heterocycles. The van der Waals surface area contributed by atoms with Crippen molar-refractivity contribution in [2.24, 2.45) is 5.92 Å². The van der Waals surface area contributed by atoms with Crippen LogP contribution < -0.4 is 0 Å². The predicted octanol–water partition coefficient (Wildman–Crippen LogP) is 0.644. The van der Waals surface area contributed by atoms with E-state index in [0.29, 0.717) is 0 Å². The van der Waals surface area contributed by atoms with Crippen LogP contribution in [0.3, 0.4) is 0 Å². The van der Waals surface area contributed by atoms with E-state index in [2.05, 4.69) is 4.74 Å². The Morgan fingerprint density at radius 1 is 1.31 bits per heavy atom. The number of carbonyl (C=O) groups excluding carboxylic acids is 2. The smallest absolute Gasteiger partial charge is 0.318 e. The van der Waals surface area contributed by atoms with E-state index >= 15 is 0 Å².